The monoisotopic (exact) mass is 445 g/mol. The van der Waals surface area contributed by atoms with Crippen LogP contribution >= 0.6 is 0 Å². The predicted octanol–water partition coefficient (Wildman–Crippen LogP) is 1.59. The van der Waals surface area contributed by atoms with Gasteiger partial charge in [0.15, 0.2) is 11.5 Å². The Bertz CT molecular complexity index is 869. The fourth-order valence-electron chi connectivity index (χ4n) is 4.29. The van der Waals surface area contributed by atoms with Crippen LogP contribution in [0.25, 0.3) is 0 Å². The van der Waals surface area contributed by atoms with Crippen LogP contribution in [0.1, 0.15) is 39.5 Å². The average molecular weight is 446 g/mol. The second kappa shape index (κ2) is 9.77. The Balaban J connectivity index is 1.37. The zero-order chi connectivity index (χ0) is 22.7. The van der Waals surface area contributed by atoms with Gasteiger partial charge >= 0.3 is 0 Å². The highest BCUT2D eigenvalue weighted by molar-refractivity contribution is 6.01. The van der Waals surface area contributed by atoms with Crippen LogP contribution in [0.5, 0.6) is 11.5 Å². The van der Waals surface area contributed by atoms with E-state index in [0.29, 0.717) is 23.7 Å². The largest absolute Gasteiger partial charge is 0.454 e. The molecule has 32 heavy (non-hydrogen) atoms. The quantitative estimate of drug-likeness (QED) is 0.630. The minimum atomic E-state index is -0.649. The lowest BCUT2D eigenvalue weighted by Crippen LogP contribution is -2.52. The van der Waals surface area contributed by atoms with Crippen molar-refractivity contribution in [3.05, 3.63) is 18.2 Å². The van der Waals surface area contributed by atoms with Crippen LogP contribution in [-0.4, -0.2) is 56.4 Å². The number of amides is 3. The van der Waals surface area contributed by atoms with Crippen molar-refractivity contribution < 1.29 is 28.6 Å². The summed E-state index contributed by atoms with van der Waals surface area (Å²) in [5.74, 6) is 0.0465. The summed E-state index contributed by atoms with van der Waals surface area (Å²) >= 11 is 0. The maximum absolute atomic E-state index is 13.0. The lowest BCUT2D eigenvalue weighted by molar-refractivity contribution is -0.132. The lowest BCUT2D eigenvalue weighted by Gasteiger charge is -2.25. The minimum absolute atomic E-state index is 0.0366. The fraction of sp³-hybridized carbons (Fsp3) is 0.609. The summed E-state index contributed by atoms with van der Waals surface area (Å²) in [6.07, 6.45) is 2.81. The van der Waals surface area contributed by atoms with E-state index in [4.69, 9.17) is 14.2 Å². The molecule has 9 nitrogen and oxygen atoms in total. The van der Waals surface area contributed by atoms with E-state index in [9.17, 15) is 14.4 Å². The Morgan fingerprint density at radius 1 is 1.25 bits per heavy atom. The summed E-state index contributed by atoms with van der Waals surface area (Å²) in [5.41, 5.74) is 0.669. The average Bonchev–Trinajstić information content (AvgIpc) is 3.55. The summed E-state index contributed by atoms with van der Waals surface area (Å²) in [6, 6.07) is 4.65. The number of ether oxygens (including phenoxy) is 3. The van der Waals surface area contributed by atoms with Crippen LogP contribution in [0, 0.1) is 11.8 Å². The second-order valence-electron chi connectivity index (χ2n) is 8.69. The Labute approximate surface area is 187 Å². The van der Waals surface area contributed by atoms with E-state index in [1.807, 2.05) is 13.8 Å². The first-order chi connectivity index (χ1) is 15.5. The van der Waals surface area contributed by atoms with E-state index in [0.717, 1.165) is 25.9 Å². The highest BCUT2D eigenvalue weighted by atomic mass is 16.7. The lowest BCUT2D eigenvalue weighted by atomic mass is 9.97. The van der Waals surface area contributed by atoms with Gasteiger partial charge in [0.1, 0.15) is 6.04 Å². The molecule has 2 saturated heterocycles. The molecule has 3 heterocycles. The molecular formula is C23H31N3O6. The number of hydrogen-bond donors (Lipinski definition) is 2. The Kier molecular flexibility index (Phi) is 6.83. The molecule has 9 heteroatoms. The number of nitrogens with one attached hydrogen (secondary N) is 2. The number of benzene rings is 1. The summed E-state index contributed by atoms with van der Waals surface area (Å²) in [6.45, 7) is 5.51. The topological polar surface area (TPSA) is 106 Å². The van der Waals surface area contributed by atoms with Crippen molar-refractivity contribution in [3.63, 3.8) is 0 Å². The zero-order valence-electron chi connectivity index (χ0n) is 18.6. The molecule has 4 unspecified atom stereocenters. The van der Waals surface area contributed by atoms with Crippen molar-refractivity contribution in [1.82, 2.24) is 10.6 Å². The first kappa shape index (κ1) is 22.4. The molecule has 4 atom stereocenters. The van der Waals surface area contributed by atoms with Crippen LogP contribution < -0.4 is 25.0 Å². The number of carbonyl (C=O) groups is 3. The molecule has 1 aromatic carbocycles. The molecule has 0 bridgehead atoms. The summed E-state index contributed by atoms with van der Waals surface area (Å²) in [4.78, 5) is 40.1. The molecule has 0 radical (unpaired) electrons. The fourth-order valence-corrected chi connectivity index (χ4v) is 4.29. The maximum atomic E-state index is 13.0. The van der Waals surface area contributed by atoms with Crippen LogP contribution in [0.4, 0.5) is 5.69 Å². The molecule has 3 amide bonds. The molecule has 0 aliphatic carbocycles. The maximum Gasteiger partial charge on any atom is 0.242 e. The van der Waals surface area contributed by atoms with Gasteiger partial charge in [0.25, 0.3) is 0 Å². The molecule has 1 aromatic rings. The standard InChI is InChI=1S/C23H31N3O6/c1-3-14(2)21(23(29)24-11-17-5-4-8-30-17)25-22(28)15-9-20(27)26(12-15)16-6-7-18-19(10-16)32-13-31-18/h6-7,10,14-15,17,21H,3-5,8-9,11-13H2,1-2H3,(H,24,29)(H,25,28). The molecule has 2 fully saturated rings. The van der Waals surface area contributed by atoms with E-state index in [1.165, 1.54) is 0 Å². The third-order valence-electron chi connectivity index (χ3n) is 6.48. The van der Waals surface area contributed by atoms with E-state index in [2.05, 4.69) is 10.6 Å². The number of anilines is 1. The van der Waals surface area contributed by atoms with Gasteiger partial charge in [0.2, 0.25) is 24.5 Å². The first-order valence-corrected chi connectivity index (χ1v) is 11.4. The van der Waals surface area contributed by atoms with Crippen LogP contribution in [0.15, 0.2) is 18.2 Å². The number of nitrogens with zero attached hydrogens (tertiary/aromatic N) is 1. The first-order valence-electron chi connectivity index (χ1n) is 11.4. The highest BCUT2D eigenvalue weighted by Gasteiger charge is 2.38. The molecule has 0 aromatic heterocycles. The van der Waals surface area contributed by atoms with Gasteiger partial charge in [-0.2, -0.15) is 0 Å². The molecular weight excluding hydrogens is 414 g/mol. The van der Waals surface area contributed by atoms with Crippen molar-refractivity contribution in [2.75, 3.05) is 31.4 Å². The molecule has 3 aliphatic heterocycles. The summed E-state index contributed by atoms with van der Waals surface area (Å²) in [5, 5.41) is 5.83. The van der Waals surface area contributed by atoms with Gasteiger partial charge in [0, 0.05) is 37.9 Å². The van der Waals surface area contributed by atoms with E-state index >= 15 is 0 Å². The van der Waals surface area contributed by atoms with Crippen molar-refractivity contribution in [1.29, 1.82) is 0 Å². The number of hydrogen-bond acceptors (Lipinski definition) is 6. The Morgan fingerprint density at radius 2 is 2.06 bits per heavy atom. The van der Waals surface area contributed by atoms with E-state index in [-0.39, 0.29) is 49.5 Å². The van der Waals surface area contributed by atoms with Gasteiger partial charge in [-0.05, 0) is 30.9 Å². The molecule has 0 saturated carbocycles. The summed E-state index contributed by atoms with van der Waals surface area (Å²) < 4.78 is 16.3. The Hall–Kier alpha value is -2.81. The van der Waals surface area contributed by atoms with Gasteiger partial charge in [-0.15, -0.1) is 0 Å². The van der Waals surface area contributed by atoms with Crippen LogP contribution in [0.2, 0.25) is 0 Å². The van der Waals surface area contributed by atoms with Gasteiger partial charge in [-0.25, -0.2) is 0 Å². The van der Waals surface area contributed by atoms with Crippen molar-refractivity contribution in [3.8, 4) is 11.5 Å². The van der Waals surface area contributed by atoms with Crippen LogP contribution in [-0.2, 0) is 19.1 Å². The highest BCUT2D eigenvalue weighted by Crippen LogP contribution is 2.37. The smallest absolute Gasteiger partial charge is 0.242 e. The normalized spacial score (nSPS) is 23.8. The van der Waals surface area contributed by atoms with Gasteiger partial charge in [0.05, 0.1) is 12.0 Å². The number of fused-ring (bicyclic) bond motifs is 1. The SMILES string of the molecule is CCC(C)C(NC(=O)C1CC(=O)N(c2ccc3c(c2)OCO3)C1)C(=O)NCC1CCCO1. The van der Waals surface area contributed by atoms with E-state index < -0.39 is 12.0 Å². The van der Waals surface area contributed by atoms with Gasteiger partial charge in [-0.1, -0.05) is 20.3 Å². The third-order valence-corrected chi connectivity index (χ3v) is 6.48. The third kappa shape index (κ3) is 4.82. The van der Waals surface area contributed by atoms with Gasteiger partial charge < -0.3 is 29.7 Å². The molecule has 3 aliphatic rings. The molecule has 0 spiro atoms. The summed E-state index contributed by atoms with van der Waals surface area (Å²) in [7, 11) is 0. The van der Waals surface area contributed by atoms with Crippen molar-refractivity contribution in [2.24, 2.45) is 11.8 Å². The molecule has 174 valence electrons. The number of rotatable bonds is 8. The zero-order valence-corrected chi connectivity index (χ0v) is 18.6. The van der Waals surface area contributed by atoms with Gasteiger partial charge in [-0.3, -0.25) is 14.4 Å². The molecule has 4 rings (SSSR count). The van der Waals surface area contributed by atoms with Crippen LogP contribution in [0.3, 0.4) is 0 Å². The predicted molar refractivity (Wildman–Crippen MR) is 116 cm³/mol. The molecule has 2 N–H and O–H groups in total. The second-order valence-corrected chi connectivity index (χ2v) is 8.69. The minimum Gasteiger partial charge on any atom is -0.454 e. The van der Waals surface area contributed by atoms with Crippen molar-refractivity contribution in [2.45, 2.75) is 51.7 Å². The van der Waals surface area contributed by atoms with Crippen molar-refractivity contribution >= 4 is 23.4 Å². The number of carbonyl (C=O) groups excluding carboxylic acids is 3. The van der Waals surface area contributed by atoms with E-state index in [1.54, 1.807) is 23.1 Å². The Morgan fingerprint density at radius 3 is 2.81 bits per heavy atom.